The minimum absolute atomic E-state index is 0.103. The van der Waals surface area contributed by atoms with E-state index < -0.39 is 5.97 Å². The van der Waals surface area contributed by atoms with E-state index in [0.717, 1.165) is 19.3 Å². The lowest BCUT2D eigenvalue weighted by molar-refractivity contribution is -0.138. The van der Waals surface area contributed by atoms with Gasteiger partial charge in [0.1, 0.15) is 12.2 Å². The first-order chi connectivity index (χ1) is 11.5. The van der Waals surface area contributed by atoms with Crippen LogP contribution in [0.3, 0.4) is 0 Å². The zero-order chi connectivity index (χ0) is 17.5. The smallest absolute Gasteiger partial charge is 0.325 e. The first-order valence-corrected chi connectivity index (χ1v) is 8.16. The van der Waals surface area contributed by atoms with E-state index in [0.29, 0.717) is 25.2 Å². The Hall–Kier alpha value is -2.45. The summed E-state index contributed by atoms with van der Waals surface area (Å²) < 4.78 is 1.20. The summed E-state index contributed by atoms with van der Waals surface area (Å²) in [7, 11) is 0. The summed E-state index contributed by atoms with van der Waals surface area (Å²) >= 11 is 0. The number of aromatic nitrogens is 3. The lowest BCUT2D eigenvalue weighted by Gasteiger charge is -2.32. The highest BCUT2D eigenvalue weighted by Gasteiger charge is 2.27. The van der Waals surface area contributed by atoms with Crippen molar-refractivity contribution in [3.05, 3.63) is 11.9 Å². The maximum Gasteiger partial charge on any atom is 0.325 e. The largest absolute Gasteiger partial charge is 0.480 e. The third-order valence-corrected chi connectivity index (χ3v) is 3.94. The monoisotopic (exact) mass is 337 g/mol. The van der Waals surface area contributed by atoms with Gasteiger partial charge in [0.05, 0.1) is 18.7 Å². The Morgan fingerprint density at radius 2 is 2.21 bits per heavy atom. The Kier molecular flexibility index (Phi) is 6.28. The number of nitrogens with one attached hydrogen (secondary N) is 1. The van der Waals surface area contributed by atoms with Gasteiger partial charge >= 0.3 is 5.97 Å². The molecule has 1 saturated heterocycles. The van der Waals surface area contributed by atoms with Gasteiger partial charge in [-0.25, -0.2) is 4.68 Å². The van der Waals surface area contributed by atoms with Crippen molar-refractivity contribution in [2.45, 2.75) is 45.7 Å². The number of rotatable bonds is 7. The van der Waals surface area contributed by atoms with Crippen LogP contribution in [0.4, 0.5) is 0 Å². The van der Waals surface area contributed by atoms with E-state index in [1.54, 1.807) is 4.90 Å². The molecule has 0 bridgehead atoms. The molecule has 1 aromatic heterocycles. The topological polar surface area (TPSA) is 117 Å². The average molecular weight is 337 g/mol. The molecule has 0 saturated carbocycles. The second-order valence-electron chi connectivity index (χ2n) is 5.95. The molecule has 0 aromatic carbocycles. The van der Waals surface area contributed by atoms with Crippen LogP contribution < -0.4 is 5.32 Å². The fourth-order valence-corrected chi connectivity index (χ4v) is 2.75. The molecule has 0 spiro atoms. The van der Waals surface area contributed by atoms with Crippen LogP contribution in [0.5, 0.6) is 0 Å². The lowest BCUT2D eigenvalue weighted by Crippen LogP contribution is -2.45. The molecule has 1 aliphatic rings. The van der Waals surface area contributed by atoms with Crippen LogP contribution in [-0.4, -0.2) is 55.9 Å². The molecule has 1 aliphatic heterocycles. The van der Waals surface area contributed by atoms with Crippen molar-refractivity contribution >= 4 is 17.8 Å². The van der Waals surface area contributed by atoms with E-state index in [2.05, 4.69) is 15.6 Å². The summed E-state index contributed by atoms with van der Waals surface area (Å²) in [5.41, 5.74) is 0.499. The molecule has 1 aromatic rings. The number of nitrogens with zero attached hydrogens (tertiary/aromatic N) is 4. The standard InChI is InChI=1S/C15H23N5O4/c1-2-4-13(21)19-6-3-5-11(8-19)15(24)16-7-12-9-20(18-17-12)10-14(22)23/h9,11H,2-8,10H2,1H3,(H,16,24)(H,22,23). The van der Waals surface area contributed by atoms with Crippen LogP contribution >= 0.6 is 0 Å². The number of aliphatic carboxylic acids is 1. The Balaban J connectivity index is 1.82. The summed E-state index contributed by atoms with van der Waals surface area (Å²) in [5.74, 6) is -1.23. The summed E-state index contributed by atoms with van der Waals surface area (Å²) in [6.45, 7) is 3.06. The zero-order valence-corrected chi connectivity index (χ0v) is 13.8. The van der Waals surface area contributed by atoms with Gasteiger partial charge in [-0.3, -0.25) is 14.4 Å². The van der Waals surface area contributed by atoms with Crippen molar-refractivity contribution in [1.29, 1.82) is 0 Å². The normalized spacial score (nSPS) is 17.5. The molecular weight excluding hydrogens is 314 g/mol. The van der Waals surface area contributed by atoms with Crippen molar-refractivity contribution in [2.75, 3.05) is 13.1 Å². The number of likely N-dealkylation sites (tertiary alicyclic amines) is 1. The van der Waals surface area contributed by atoms with Crippen LogP contribution in [0.1, 0.15) is 38.3 Å². The number of carbonyl (C=O) groups is 3. The fourth-order valence-electron chi connectivity index (χ4n) is 2.75. The first-order valence-electron chi connectivity index (χ1n) is 8.16. The van der Waals surface area contributed by atoms with Crippen LogP contribution in [0, 0.1) is 5.92 Å². The molecule has 0 radical (unpaired) electrons. The van der Waals surface area contributed by atoms with Gasteiger partial charge in [0.15, 0.2) is 0 Å². The van der Waals surface area contributed by atoms with Crippen LogP contribution in [0.15, 0.2) is 6.20 Å². The van der Waals surface area contributed by atoms with Gasteiger partial charge < -0.3 is 15.3 Å². The van der Waals surface area contributed by atoms with Gasteiger partial charge in [-0.05, 0) is 19.3 Å². The Morgan fingerprint density at radius 1 is 1.42 bits per heavy atom. The maximum absolute atomic E-state index is 12.3. The van der Waals surface area contributed by atoms with Gasteiger partial charge in [-0.1, -0.05) is 12.1 Å². The van der Waals surface area contributed by atoms with E-state index in [9.17, 15) is 14.4 Å². The third-order valence-electron chi connectivity index (χ3n) is 3.94. The molecule has 9 nitrogen and oxygen atoms in total. The van der Waals surface area contributed by atoms with Crippen molar-refractivity contribution in [3.8, 4) is 0 Å². The van der Waals surface area contributed by atoms with Crippen LogP contribution in [-0.2, 0) is 27.5 Å². The van der Waals surface area contributed by atoms with Crippen molar-refractivity contribution < 1.29 is 19.5 Å². The van der Waals surface area contributed by atoms with Crippen molar-refractivity contribution in [1.82, 2.24) is 25.2 Å². The molecule has 2 rings (SSSR count). The molecule has 2 heterocycles. The minimum Gasteiger partial charge on any atom is -0.480 e. The summed E-state index contributed by atoms with van der Waals surface area (Å²) in [6.07, 6.45) is 4.39. The van der Waals surface area contributed by atoms with Crippen molar-refractivity contribution in [2.24, 2.45) is 5.92 Å². The quantitative estimate of drug-likeness (QED) is 0.724. The molecule has 9 heteroatoms. The van der Waals surface area contributed by atoms with E-state index in [1.165, 1.54) is 10.9 Å². The van der Waals surface area contributed by atoms with Gasteiger partial charge in [0.2, 0.25) is 11.8 Å². The first kappa shape index (κ1) is 17.9. The molecule has 1 fully saturated rings. The minimum atomic E-state index is -1.01. The van der Waals surface area contributed by atoms with Crippen LogP contribution in [0.25, 0.3) is 0 Å². The zero-order valence-electron chi connectivity index (χ0n) is 13.8. The average Bonchev–Trinajstić information content (AvgIpc) is 2.99. The summed E-state index contributed by atoms with van der Waals surface area (Å²) in [4.78, 5) is 36.6. The molecular formula is C15H23N5O4. The molecule has 0 aliphatic carbocycles. The highest BCUT2D eigenvalue weighted by molar-refractivity contribution is 5.81. The lowest BCUT2D eigenvalue weighted by atomic mass is 9.96. The number of hydrogen-bond acceptors (Lipinski definition) is 5. The number of carboxylic acid groups (broad SMARTS) is 1. The highest BCUT2D eigenvalue weighted by Crippen LogP contribution is 2.18. The van der Waals surface area contributed by atoms with E-state index >= 15 is 0 Å². The molecule has 1 unspecified atom stereocenters. The molecule has 24 heavy (non-hydrogen) atoms. The van der Waals surface area contributed by atoms with Gasteiger partial charge in [0, 0.05) is 19.5 Å². The number of carbonyl (C=O) groups excluding carboxylic acids is 2. The number of carboxylic acids is 1. The second kappa shape index (κ2) is 8.42. The molecule has 132 valence electrons. The van der Waals surface area contributed by atoms with E-state index in [-0.39, 0.29) is 30.8 Å². The fraction of sp³-hybridized carbons (Fsp3) is 0.667. The molecule has 2 amide bonds. The number of piperidine rings is 1. The Morgan fingerprint density at radius 3 is 2.92 bits per heavy atom. The predicted molar refractivity (Wildman–Crippen MR) is 83.7 cm³/mol. The second-order valence-corrected chi connectivity index (χ2v) is 5.95. The van der Waals surface area contributed by atoms with Crippen molar-refractivity contribution in [3.63, 3.8) is 0 Å². The van der Waals surface area contributed by atoms with E-state index in [1.807, 2.05) is 6.92 Å². The van der Waals surface area contributed by atoms with Gasteiger partial charge in [-0.2, -0.15) is 0 Å². The Bertz CT molecular complexity index is 600. The Labute approximate surface area is 140 Å². The summed E-state index contributed by atoms with van der Waals surface area (Å²) in [5, 5.41) is 19.0. The molecule has 1 atom stereocenters. The number of hydrogen-bond donors (Lipinski definition) is 2. The maximum atomic E-state index is 12.3. The van der Waals surface area contributed by atoms with Gasteiger partial charge in [0.25, 0.3) is 0 Å². The SMILES string of the molecule is CCCC(=O)N1CCCC(C(=O)NCc2cn(CC(=O)O)nn2)C1. The van der Waals surface area contributed by atoms with E-state index in [4.69, 9.17) is 5.11 Å². The number of amides is 2. The third kappa shape index (κ3) is 5.04. The predicted octanol–water partition coefficient (Wildman–Crippen LogP) is 0.0176. The highest BCUT2D eigenvalue weighted by atomic mass is 16.4. The summed E-state index contributed by atoms with van der Waals surface area (Å²) in [6, 6.07) is 0. The molecule has 2 N–H and O–H groups in total. The van der Waals surface area contributed by atoms with Crippen LogP contribution in [0.2, 0.25) is 0 Å². The van der Waals surface area contributed by atoms with Gasteiger partial charge in [-0.15, -0.1) is 5.10 Å².